The number of nitrogen functional groups attached to an aromatic ring is 1. The Kier molecular flexibility index (Phi) is 3.57. The van der Waals surface area contributed by atoms with E-state index >= 15 is 0 Å². The zero-order valence-corrected chi connectivity index (χ0v) is 13.5. The van der Waals surface area contributed by atoms with Crippen LogP contribution in [-0.4, -0.2) is 14.2 Å². The number of aromatic nitrogens is 2. The fourth-order valence-electron chi connectivity index (χ4n) is 1.79. The van der Waals surface area contributed by atoms with Crippen molar-refractivity contribution < 1.29 is 4.21 Å². The van der Waals surface area contributed by atoms with Crippen molar-refractivity contribution in [3.63, 3.8) is 0 Å². The lowest BCUT2D eigenvalue weighted by Crippen LogP contribution is -1.95. The first kappa shape index (κ1) is 13.7. The molecule has 1 unspecified atom stereocenters. The van der Waals surface area contributed by atoms with Crippen LogP contribution in [0.25, 0.3) is 10.2 Å². The first-order chi connectivity index (χ1) is 9.52. The SMILES string of the molecule is Cc1nc(CS(=O)c2nc3ccc(N)cc3s2)sc1C. The van der Waals surface area contributed by atoms with Gasteiger partial charge in [0.1, 0.15) is 5.01 Å². The maximum atomic E-state index is 12.4. The molecule has 2 N–H and O–H groups in total. The minimum absolute atomic E-state index is 0.425. The van der Waals surface area contributed by atoms with E-state index in [1.165, 1.54) is 16.2 Å². The van der Waals surface area contributed by atoms with E-state index in [1.54, 1.807) is 11.3 Å². The summed E-state index contributed by atoms with van der Waals surface area (Å²) < 4.78 is 14.0. The van der Waals surface area contributed by atoms with Gasteiger partial charge >= 0.3 is 0 Å². The molecular weight excluding hydrogens is 310 g/mol. The Balaban J connectivity index is 1.88. The van der Waals surface area contributed by atoms with E-state index in [0.29, 0.717) is 15.8 Å². The normalized spacial score (nSPS) is 12.9. The van der Waals surface area contributed by atoms with Crippen molar-refractivity contribution in [1.29, 1.82) is 0 Å². The van der Waals surface area contributed by atoms with Crippen molar-refractivity contribution in [2.45, 2.75) is 23.9 Å². The topological polar surface area (TPSA) is 68.9 Å². The Bertz CT molecular complexity index is 787. The Hall–Kier alpha value is -1.31. The molecule has 104 valence electrons. The Morgan fingerprint density at radius 2 is 2.05 bits per heavy atom. The molecule has 7 heteroatoms. The summed E-state index contributed by atoms with van der Waals surface area (Å²) in [7, 11) is -1.15. The summed E-state index contributed by atoms with van der Waals surface area (Å²) in [6, 6.07) is 5.53. The lowest BCUT2D eigenvalue weighted by Gasteiger charge is -1.93. The molecule has 1 aromatic carbocycles. The number of thiazole rings is 2. The van der Waals surface area contributed by atoms with Gasteiger partial charge in [0.05, 0.1) is 32.5 Å². The molecule has 0 aliphatic carbocycles. The number of hydrogen-bond donors (Lipinski definition) is 1. The molecule has 1 atom stereocenters. The van der Waals surface area contributed by atoms with Crippen molar-refractivity contribution in [2.75, 3.05) is 5.73 Å². The minimum Gasteiger partial charge on any atom is -0.399 e. The largest absolute Gasteiger partial charge is 0.399 e. The van der Waals surface area contributed by atoms with Crippen molar-refractivity contribution in [3.05, 3.63) is 33.8 Å². The number of aryl methyl sites for hydroxylation is 2. The summed E-state index contributed by atoms with van der Waals surface area (Å²) in [5.41, 5.74) is 8.31. The maximum Gasteiger partial charge on any atom is 0.182 e. The highest BCUT2D eigenvalue weighted by Gasteiger charge is 2.14. The zero-order chi connectivity index (χ0) is 14.3. The molecule has 2 heterocycles. The summed E-state index contributed by atoms with van der Waals surface area (Å²) in [5, 5.41) is 0.900. The predicted molar refractivity (Wildman–Crippen MR) is 85.7 cm³/mol. The molecule has 0 saturated carbocycles. The summed E-state index contributed by atoms with van der Waals surface area (Å²) in [6.07, 6.45) is 0. The van der Waals surface area contributed by atoms with E-state index in [2.05, 4.69) is 9.97 Å². The minimum atomic E-state index is -1.15. The van der Waals surface area contributed by atoms with Crippen molar-refractivity contribution >= 4 is 49.4 Å². The standard InChI is InChI=1S/C13H13N3OS3/c1-7-8(2)18-12(15-7)6-20(17)13-16-10-4-3-9(14)5-11(10)19-13/h3-5H,6,14H2,1-2H3. The van der Waals surface area contributed by atoms with Gasteiger partial charge in [0.15, 0.2) is 4.34 Å². The van der Waals surface area contributed by atoms with Gasteiger partial charge in [-0.05, 0) is 32.0 Å². The van der Waals surface area contributed by atoms with Crippen LogP contribution in [0.3, 0.4) is 0 Å². The van der Waals surface area contributed by atoms with E-state index in [1.807, 2.05) is 32.0 Å². The number of nitrogens with zero attached hydrogens (tertiary/aromatic N) is 2. The third-order valence-corrected chi connectivity index (χ3v) is 6.81. The van der Waals surface area contributed by atoms with Gasteiger partial charge in [-0.2, -0.15) is 0 Å². The van der Waals surface area contributed by atoms with Crippen LogP contribution < -0.4 is 5.73 Å². The van der Waals surface area contributed by atoms with Gasteiger partial charge in [0.2, 0.25) is 0 Å². The van der Waals surface area contributed by atoms with Gasteiger partial charge in [-0.3, -0.25) is 4.21 Å². The Morgan fingerprint density at radius 3 is 2.75 bits per heavy atom. The number of benzene rings is 1. The average Bonchev–Trinajstić information content (AvgIpc) is 2.93. The predicted octanol–water partition coefficient (Wildman–Crippen LogP) is 3.26. The van der Waals surface area contributed by atoms with Gasteiger partial charge < -0.3 is 5.73 Å². The molecule has 0 saturated heterocycles. The first-order valence-electron chi connectivity index (χ1n) is 6.00. The average molecular weight is 323 g/mol. The summed E-state index contributed by atoms with van der Waals surface area (Å²) >= 11 is 3.03. The fourth-order valence-corrected chi connectivity index (χ4v) is 5.25. The van der Waals surface area contributed by atoms with Crippen LogP contribution in [0.2, 0.25) is 0 Å². The molecule has 4 nitrogen and oxygen atoms in total. The highest BCUT2D eigenvalue weighted by molar-refractivity contribution is 7.86. The van der Waals surface area contributed by atoms with Crippen LogP contribution in [0.15, 0.2) is 22.5 Å². The Labute approximate surface area is 127 Å². The van der Waals surface area contributed by atoms with Crippen LogP contribution in [0, 0.1) is 13.8 Å². The molecule has 0 amide bonds. The smallest absolute Gasteiger partial charge is 0.182 e. The van der Waals surface area contributed by atoms with E-state index in [-0.39, 0.29) is 0 Å². The summed E-state index contributed by atoms with van der Waals surface area (Å²) in [5.74, 6) is 0.425. The lowest BCUT2D eigenvalue weighted by molar-refractivity contribution is 0.682. The second-order valence-corrected chi connectivity index (χ2v) is 8.39. The highest BCUT2D eigenvalue weighted by atomic mass is 32.2. The molecule has 0 bridgehead atoms. The van der Waals surface area contributed by atoms with Gasteiger partial charge in [0.25, 0.3) is 0 Å². The molecule has 0 aliphatic heterocycles. The van der Waals surface area contributed by atoms with Gasteiger partial charge in [0, 0.05) is 10.6 Å². The highest BCUT2D eigenvalue weighted by Crippen LogP contribution is 2.28. The third-order valence-electron chi connectivity index (χ3n) is 2.92. The molecule has 2 aromatic heterocycles. The number of nitrogens with two attached hydrogens (primary N) is 1. The molecular formula is C13H13N3OS3. The second-order valence-electron chi connectivity index (χ2n) is 4.45. The number of hydrogen-bond acceptors (Lipinski definition) is 6. The first-order valence-corrected chi connectivity index (χ1v) is 8.95. The molecule has 0 fully saturated rings. The van der Waals surface area contributed by atoms with E-state index in [0.717, 1.165) is 20.9 Å². The Morgan fingerprint density at radius 1 is 1.25 bits per heavy atom. The quantitative estimate of drug-likeness (QED) is 0.751. The molecule has 0 radical (unpaired) electrons. The van der Waals surface area contributed by atoms with Gasteiger partial charge in [-0.1, -0.05) is 0 Å². The van der Waals surface area contributed by atoms with E-state index in [9.17, 15) is 4.21 Å². The summed E-state index contributed by atoms with van der Waals surface area (Å²) in [6.45, 7) is 4.00. The molecule has 0 spiro atoms. The van der Waals surface area contributed by atoms with E-state index in [4.69, 9.17) is 5.73 Å². The van der Waals surface area contributed by atoms with Crippen LogP contribution in [0.1, 0.15) is 15.6 Å². The zero-order valence-electron chi connectivity index (χ0n) is 11.0. The second kappa shape index (κ2) is 5.23. The van der Waals surface area contributed by atoms with Crippen molar-refractivity contribution in [3.8, 4) is 0 Å². The van der Waals surface area contributed by atoms with Crippen LogP contribution in [0.4, 0.5) is 5.69 Å². The van der Waals surface area contributed by atoms with Crippen LogP contribution in [-0.2, 0) is 16.6 Å². The molecule has 3 rings (SSSR count). The lowest BCUT2D eigenvalue weighted by atomic mass is 10.3. The molecule has 0 aliphatic rings. The number of anilines is 1. The van der Waals surface area contributed by atoms with E-state index < -0.39 is 10.8 Å². The third kappa shape index (κ3) is 2.61. The van der Waals surface area contributed by atoms with Crippen LogP contribution in [0.5, 0.6) is 0 Å². The monoisotopic (exact) mass is 323 g/mol. The van der Waals surface area contributed by atoms with Crippen LogP contribution >= 0.6 is 22.7 Å². The van der Waals surface area contributed by atoms with Crippen molar-refractivity contribution in [2.24, 2.45) is 0 Å². The number of rotatable bonds is 3. The fraction of sp³-hybridized carbons (Fsp3) is 0.231. The number of fused-ring (bicyclic) bond motifs is 1. The molecule has 3 aromatic rings. The summed E-state index contributed by atoms with van der Waals surface area (Å²) in [4.78, 5) is 10.0. The van der Waals surface area contributed by atoms with Crippen molar-refractivity contribution in [1.82, 2.24) is 9.97 Å². The van der Waals surface area contributed by atoms with Gasteiger partial charge in [-0.25, -0.2) is 9.97 Å². The maximum absolute atomic E-state index is 12.4. The molecule has 20 heavy (non-hydrogen) atoms. The van der Waals surface area contributed by atoms with Gasteiger partial charge in [-0.15, -0.1) is 22.7 Å².